The number of phenols is 1. The Morgan fingerprint density at radius 3 is 2.48 bits per heavy atom. The number of benzene rings is 1. The lowest BCUT2D eigenvalue weighted by Crippen LogP contribution is -2.49. The topological polar surface area (TPSA) is 81.1 Å². The first-order valence-corrected chi connectivity index (χ1v) is 7.77. The van der Waals surface area contributed by atoms with Gasteiger partial charge in [-0.1, -0.05) is 0 Å². The maximum Gasteiger partial charge on any atom is 0.304 e. The summed E-state index contributed by atoms with van der Waals surface area (Å²) in [5.74, 6) is -0.991. The Labute approximate surface area is 136 Å². The minimum absolute atomic E-state index is 0.00581. The molecule has 1 amide bonds. The Hall–Kier alpha value is -1.35. The maximum atomic E-state index is 12.4. The van der Waals surface area contributed by atoms with Crippen molar-refractivity contribution in [1.82, 2.24) is 9.80 Å². The highest BCUT2D eigenvalue weighted by molar-refractivity contribution is 14.1. The molecule has 1 aromatic carbocycles. The quantitative estimate of drug-likeness (QED) is 0.739. The van der Waals surface area contributed by atoms with Crippen LogP contribution in [0.25, 0.3) is 0 Å². The van der Waals surface area contributed by atoms with Crippen molar-refractivity contribution in [3.63, 3.8) is 0 Å². The van der Waals surface area contributed by atoms with Crippen molar-refractivity contribution in [2.24, 2.45) is 0 Å². The van der Waals surface area contributed by atoms with E-state index in [1.165, 1.54) is 6.07 Å². The zero-order valence-electron chi connectivity index (χ0n) is 11.5. The Morgan fingerprint density at radius 2 is 1.86 bits per heavy atom. The molecule has 114 valence electrons. The second-order valence-electron chi connectivity index (χ2n) is 4.94. The van der Waals surface area contributed by atoms with Crippen LogP contribution < -0.4 is 0 Å². The first-order valence-electron chi connectivity index (χ1n) is 6.69. The molecule has 0 radical (unpaired) electrons. The number of carboxylic acid groups (broad SMARTS) is 1. The molecular formula is C14H17IN2O4. The smallest absolute Gasteiger partial charge is 0.304 e. The normalized spacial score (nSPS) is 16.0. The van der Waals surface area contributed by atoms with Gasteiger partial charge in [-0.3, -0.25) is 14.5 Å². The van der Waals surface area contributed by atoms with Crippen LogP contribution in [0.4, 0.5) is 0 Å². The van der Waals surface area contributed by atoms with Crippen molar-refractivity contribution < 1.29 is 19.8 Å². The number of amides is 1. The number of nitrogens with zero attached hydrogens (tertiary/aromatic N) is 2. The van der Waals surface area contributed by atoms with Gasteiger partial charge in [-0.05, 0) is 40.8 Å². The molecule has 0 atom stereocenters. The van der Waals surface area contributed by atoms with E-state index in [0.29, 0.717) is 38.3 Å². The maximum absolute atomic E-state index is 12.4. The highest BCUT2D eigenvalue weighted by Gasteiger charge is 2.24. The Morgan fingerprint density at radius 1 is 1.19 bits per heavy atom. The Kier molecular flexibility index (Phi) is 5.40. The molecule has 2 N–H and O–H groups in total. The fraction of sp³-hybridized carbons (Fsp3) is 0.429. The number of aromatic hydroxyl groups is 1. The summed E-state index contributed by atoms with van der Waals surface area (Å²) in [6, 6.07) is 4.95. The number of hydrogen-bond acceptors (Lipinski definition) is 4. The molecule has 6 nitrogen and oxygen atoms in total. The molecule has 0 saturated carbocycles. The van der Waals surface area contributed by atoms with Crippen LogP contribution >= 0.6 is 22.6 Å². The lowest BCUT2D eigenvalue weighted by atomic mass is 10.1. The number of hydrogen-bond donors (Lipinski definition) is 2. The third-order valence-electron chi connectivity index (χ3n) is 3.49. The fourth-order valence-corrected chi connectivity index (χ4v) is 2.77. The highest BCUT2D eigenvalue weighted by atomic mass is 127. The molecule has 1 saturated heterocycles. The summed E-state index contributed by atoms with van der Waals surface area (Å²) in [6.07, 6.45) is 0.117. The van der Waals surface area contributed by atoms with Gasteiger partial charge in [0.1, 0.15) is 5.75 Å². The van der Waals surface area contributed by atoms with Gasteiger partial charge in [0.25, 0.3) is 5.91 Å². The molecule has 7 heteroatoms. The predicted molar refractivity (Wildman–Crippen MR) is 85.4 cm³/mol. The van der Waals surface area contributed by atoms with Crippen LogP contribution in [0.15, 0.2) is 18.2 Å². The summed E-state index contributed by atoms with van der Waals surface area (Å²) in [4.78, 5) is 26.7. The lowest BCUT2D eigenvalue weighted by Gasteiger charge is -2.34. The van der Waals surface area contributed by atoms with Crippen molar-refractivity contribution in [2.45, 2.75) is 6.42 Å². The number of carbonyl (C=O) groups is 2. The molecular weight excluding hydrogens is 387 g/mol. The average Bonchev–Trinajstić information content (AvgIpc) is 2.47. The molecule has 0 unspecified atom stereocenters. The summed E-state index contributed by atoms with van der Waals surface area (Å²) in [7, 11) is 0. The van der Waals surface area contributed by atoms with E-state index < -0.39 is 5.97 Å². The van der Waals surface area contributed by atoms with E-state index in [2.05, 4.69) is 22.6 Å². The fourth-order valence-electron chi connectivity index (χ4n) is 2.28. The van der Waals surface area contributed by atoms with E-state index in [0.717, 1.165) is 3.57 Å². The first-order chi connectivity index (χ1) is 9.97. The molecule has 0 aliphatic carbocycles. The SMILES string of the molecule is O=C(O)CCN1CCN(C(=O)c2cc(I)ccc2O)CC1. The number of carboxylic acids is 1. The minimum Gasteiger partial charge on any atom is -0.507 e. The third kappa shape index (κ3) is 4.31. The van der Waals surface area contributed by atoms with E-state index in [-0.39, 0.29) is 18.1 Å². The molecule has 1 heterocycles. The van der Waals surface area contributed by atoms with Crippen LogP contribution in [0.2, 0.25) is 0 Å². The monoisotopic (exact) mass is 404 g/mol. The summed E-state index contributed by atoms with van der Waals surface area (Å²) in [6.45, 7) is 2.91. The van der Waals surface area contributed by atoms with Crippen molar-refractivity contribution in [1.29, 1.82) is 0 Å². The van der Waals surface area contributed by atoms with Crippen LogP contribution in [-0.2, 0) is 4.79 Å². The molecule has 1 fully saturated rings. The van der Waals surface area contributed by atoms with Gasteiger partial charge in [-0.25, -0.2) is 0 Å². The highest BCUT2D eigenvalue weighted by Crippen LogP contribution is 2.22. The van der Waals surface area contributed by atoms with Gasteiger partial charge in [0.15, 0.2) is 0 Å². The Balaban J connectivity index is 1.94. The van der Waals surface area contributed by atoms with Gasteiger partial charge >= 0.3 is 5.97 Å². The molecule has 1 aromatic rings. The third-order valence-corrected chi connectivity index (χ3v) is 4.16. The number of rotatable bonds is 4. The second-order valence-corrected chi connectivity index (χ2v) is 6.18. The summed E-state index contributed by atoms with van der Waals surface area (Å²) < 4.78 is 0.897. The van der Waals surface area contributed by atoms with E-state index in [9.17, 15) is 14.7 Å². The van der Waals surface area contributed by atoms with E-state index >= 15 is 0 Å². The van der Waals surface area contributed by atoms with Crippen LogP contribution in [0.1, 0.15) is 16.8 Å². The summed E-state index contributed by atoms with van der Waals surface area (Å²) in [5.41, 5.74) is 0.320. The molecule has 0 bridgehead atoms. The van der Waals surface area contributed by atoms with E-state index in [1.54, 1.807) is 17.0 Å². The number of piperazine rings is 1. The summed E-state index contributed by atoms with van der Waals surface area (Å²) in [5, 5.41) is 18.5. The van der Waals surface area contributed by atoms with Crippen molar-refractivity contribution in [2.75, 3.05) is 32.7 Å². The minimum atomic E-state index is -0.808. The number of carbonyl (C=O) groups excluding carboxylic acids is 1. The predicted octanol–water partition coefficient (Wildman–Crippen LogP) is 1.23. The number of phenolic OH excluding ortho intramolecular Hbond substituents is 1. The summed E-state index contributed by atoms with van der Waals surface area (Å²) >= 11 is 2.10. The van der Waals surface area contributed by atoms with Gasteiger partial charge < -0.3 is 15.1 Å². The van der Waals surface area contributed by atoms with E-state index in [1.807, 2.05) is 4.90 Å². The van der Waals surface area contributed by atoms with Crippen LogP contribution in [0.3, 0.4) is 0 Å². The molecule has 0 spiro atoms. The van der Waals surface area contributed by atoms with Gasteiger partial charge in [-0.15, -0.1) is 0 Å². The van der Waals surface area contributed by atoms with Gasteiger partial charge in [-0.2, -0.15) is 0 Å². The molecule has 1 aliphatic rings. The largest absolute Gasteiger partial charge is 0.507 e. The van der Waals surface area contributed by atoms with E-state index in [4.69, 9.17) is 5.11 Å². The standard InChI is InChI=1S/C14H17IN2O4/c15-10-1-2-12(18)11(9-10)14(21)17-7-5-16(6-8-17)4-3-13(19)20/h1-2,9,18H,3-8H2,(H,19,20). The molecule has 2 rings (SSSR count). The first kappa shape index (κ1) is 16.0. The van der Waals surface area contributed by atoms with Gasteiger partial charge in [0, 0.05) is 36.3 Å². The molecule has 0 aromatic heterocycles. The molecule has 21 heavy (non-hydrogen) atoms. The van der Waals surface area contributed by atoms with Gasteiger partial charge in [0.2, 0.25) is 0 Å². The van der Waals surface area contributed by atoms with Crippen LogP contribution in [0, 0.1) is 3.57 Å². The van der Waals surface area contributed by atoms with Crippen molar-refractivity contribution >= 4 is 34.5 Å². The van der Waals surface area contributed by atoms with Crippen molar-refractivity contribution in [3.05, 3.63) is 27.3 Å². The van der Waals surface area contributed by atoms with Crippen molar-refractivity contribution in [3.8, 4) is 5.75 Å². The number of halogens is 1. The lowest BCUT2D eigenvalue weighted by molar-refractivity contribution is -0.137. The van der Waals surface area contributed by atoms with Crippen LogP contribution in [-0.4, -0.2) is 64.6 Å². The second kappa shape index (κ2) is 7.08. The zero-order chi connectivity index (χ0) is 15.4. The molecule has 1 aliphatic heterocycles. The van der Waals surface area contributed by atoms with Crippen LogP contribution in [0.5, 0.6) is 5.75 Å². The zero-order valence-corrected chi connectivity index (χ0v) is 13.6. The Bertz CT molecular complexity index is 542. The average molecular weight is 404 g/mol. The van der Waals surface area contributed by atoms with Gasteiger partial charge in [0.05, 0.1) is 12.0 Å². The number of aliphatic carboxylic acids is 1.